The number of nitrogen functional groups attached to an aromatic ring is 1. The number of nitrogens with one attached hydrogen (secondary N) is 1. The van der Waals surface area contributed by atoms with Gasteiger partial charge in [-0.25, -0.2) is 4.98 Å². The van der Waals surface area contributed by atoms with Crippen molar-refractivity contribution >= 4 is 34.1 Å². The first kappa shape index (κ1) is 28.5. The van der Waals surface area contributed by atoms with Gasteiger partial charge in [-0.1, -0.05) is 11.6 Å². The maximum atomic E-state index is 13.8. The Labute approximate surface area is 231 Å². The summed E-state index contributed by atoms with van der Waals surface area (Å²) in [6.45, 7) is 0.204. The quantitative estimate of drug-likeness (QED) is 0.397. The molecule has 2 aliphatic heterocycles. The van der Waals surface area contributed by atoms with Gasteiger partial charge in [-0.2, -0.15) is 31.9 Å². The normalized spacial score (nSPS) is 20.6. The number of nitrogens with two attached hydrogens (primary N) is 1. The third kappa shape index (κ3) is 6.14. The number of anilines is 2. The molecule has 0 unspecified atom stereocenters. The number of likely N-dealkylation sites (N-methyl/N-ethyl adjacent to an activating group) is 1. The number of likely N-dealkylation sites (tertiary alicyclic amines) is 1. The molecule has 0 saturated carbocycles. The number of fused-ring (bicyclic) bond motifs is 1. The molecule has 3 aromatic rings. The van der Waals surface area contributed by atoms with E-state index >= 15 is 0 Å². The molecule has 5 rings (SSSR count). The van der Waals surface area contributed by atoms with Gasteiger partial charge < -0.3 is 25.4 Å². The molecule has 2 aliphatic rings. The largest absolute Gasteiger partial charge is 0.462 e. The molecule has 2 saturated heterocycles. The zero-order chi connectivity index (χ0) is 28.6. The Bertz CT molecular complexity index is 1370. The van der Waals surface area contributed by atoms with Crippen molar-refractivity contribution in [3.05, 3.63) is 34.9 Å². The van der Waals surface area contributed by atoms with E-state index in [1.54, 1.807) is 7.05 Å². The minimum atomic E-state index is -4.70. The van der Waals surface area contributed by atoms with Crippen molar-refractivity contribution in [2.45, 2.75) is 31.4 Å². The standard InChI is InChI=1S/C25H27ClF5N7O2/c1-37-11-14(40-23(27)28)8-13(37)12-39-24-34-19-10-15(21-17(25(29,30)31)2-3-20(32)35-21)18(26)9-16(19)22(36-24)38-6-4-33-5-7-38/h2-3,9-10,13-14,23,33H,4-8,11-12H2,1H3,(H2,32,35)/t13-,14+/m0/s1. The molecule has 40 heavy (non-hydrogen) atoms. The lowest BCUT2D eigenvalue weighted by Gasteiger charge is -2.29. The van der Waals surface area contributed by atoms with Gasteiger partial charge in [0.15, 0.2) is 0 Å². The van der Waals surface area contributed by atoms with Crippen LogP contribution in [0.5, 0.6) is 6.01 Å². The highest BCUT2D eigenvalue weighted by Gasteiger charge is 2.36. The lowest BCUT2D eigenvalue weighted by Crippen LogP contribution is -2.44. The van der Waals surface area contributed by atoms with E-state index in [9.17, 15) is 22.0 Å². The number of benzene rings is 1. The first-order valence-corrected chi connectivity index (χ1v) is 12.9. The number of hydrogen-bond donors (Lipinski definition) is 2. The Morgan fingerprint density at radius 1 is 1.15 bits per heavy atom. The fraction of sp³-hybridized carbons (Fsp3) is 0.480. The maximum Gasteiger partial charge on any atom is 0.418 e. The van der Waals surface area contributed by atoms with Crippen LogP contribution in [0.1, 0.15) is 12.0 Å². The molecule has 2 atom stereocenters. The van der Waals surface area contributed by atoms with E-state index < -0.39 is 30.1 Å². The fourth-order valence-electron chi connectivity index (χ4n) is 5.02. The molecule has 4 heterocycles. The van der Waals surface area contributed by atoms with Gasteiger partial charge in [-0.15, -0.1) is 0 Å². The van der Waals surface area contributed by atoms with Crippen LogP contribution in [-0.4, -0.2) is 85.0 Å². The van der Waals surface area contributed by atoms with Crippen molar-refractivity contribution in [2.24, 2.45) is 0 Å². The number of hydrogen-bond acceptors (Lipinski definition) is 9. The molecular weight excluding hydrogens is 561 g/mol. The SMILES string of the molecule is CN1C[C@H](OC(F)F)C[C@H]1COc1nc(N2CCNCC2)c2cc(Cl)c(-c3nc(N)ccc3C(F)(F)F)cc2n1. The lowest BCUT2D eigenvalue weighted by molar-refractivity contribution is -0.158. The highest BCUT2D eigenvalue weighted by molar-refractivity contribution is 6.34. The molecule has 3 N–H and O–H groups in total. The predicted molar refractivity (Wildman–Crippen MR) is 140 cm³/mol. The number of rotatable bonds is 7. The molecular formula is C25H27ClF5N7O2. The second kappa shape index (κ2) is 11.4. The summed E-state index contributed by atoms with van der Waals surface area (Å²) < 4.78 is 77.4. The molecule has 2 aromatic heterocycles. The van der Waals surface area contributed by atoms with Crippen molar-refractivity contribution in [2.75, 3.05) is 57.0 Å². The number of pyridine rings is 1. The van der Waals surface area contributed by atoms with Crippen LogP contribution in [-0.2, 0) is 10.9 Å². The summed E-state index contributed by atoms with van der Waals surface area (Å²) in [4.78, 5) is 16.9. The minimum absolute atomic E-state index is 0.00230. The van der Waals surface area contributed by atoms with Crippen LogP contribution < -0.4 is 20.7 Å². The van der Waals surface area contributed by atoms with E-state index in [0.29, 0.717) is 55.9 Å². The topological polar surface area (TPSA) is 102 Å². The third-order valence-corrected chi connectivity index (χ3v) is 7.30. The molecule has 0 radical (unpaired) electrons. The monoisotopic (exact) mass is 587 g/mol. The van der Waals surface area contributed by atoms with Gasteiger partial charge in [0.2, 0.25) is 0 Å². The Balaban J connectivity index is 1.53. The summed E-state index contributed by atoms with van der Waals surface area (Å²) in [5.41, 5.74) is 4.64. The average molecular weight is 588 g/mol. The Morgan fingerprint density at radius 3 is 2.60 bits per heavy atom. The Morgan fingerprint density at radius 2 is 1.90 bits per heavy atom. The van der Waals surface area contributed by atoms with E-state index in [1.165, 1.54) is 12.1 Å². The Hall–Kier alpha value is -3.07. The van der Waals surface area contributed by atoms with E-state index in [4.69, 9.17) is 22.1 Å². The molecule has 216 valence electrons. The van der Waals surface area contributed by atoms with E-state index in [-0.39, 0.29) is 35.1 Å². The second-order valence-corrected chi connectivity index (χ2v) is 10.1. The first-order valence-electron chi connectivity index (χ1n) is 12.6. The number of nitrogens with zero attached hydrogens (tertiary/aromatic N) is 5. The smallest absolute Gasteiger partial charge is 0.418 e. The number of alkyl halides is 5. The van der Waals surface area contributed by atoms with Crippen LogP contribution in [0, 0.1) is 0 Å². The predicted octanol–water partition coefficient (Wildman–Crippen LogP) is 4.05. The second-order valence-electron chi connectivity index (χ2n) is 9.70. The van der Waals surface area contributed by atoms with Crippen molar-refractivity contribution in [3.63, 3.8) is 0 Å². The van der Waals surface area contributed by atoms with Gasteiger partial charge in [-0.3, -0.25) is 4.90 Å². The summed E-state index contributed by atoms with van der Waals surface area (Å²) in [6.07, 6.45) is -4.99. The number of halogens is 6. The Kier molecular flexibility index (Phi) is 8.13. The third-order valence-electron chi connectivity index (χ3n) is 6.99. The van der Waals surface area contributed by atoms with E-state index in [0.717, 1.165) is 12.1 Å². The summed E-state index contributed by atoms with van der Waals surface area (Å²) in [5.74, 6) is 0.424. The highest BCUT2D eigenvalue weighted by Crippen LogP contribution is 2.41. The van der Waals surface area contributed by atoms with E-state index in [2.05, 4.69) is 25.0 Å². The van der Waals surface area contributed by atoms with Crippen LogP contribution in [0.25, 0.3) is 22.2 Å². The van der Waals surface area contributed by atoms with Gasteiger partial charge in [0.05, 0.1) is 27.9 Å². The van der Waals surface area contributed by atoms with Gasteiger partial charge >= 0.3 is 18.8 Å². The van der Waals surface area contributed by atoms with Crippen LogP contribution in [0.3, 0.4) is 0 Å². The zero-order valence-corrected chi connectivity index (χ0v) is 22.1. The summed E-state index contributed by atoms with van der Waals surface area (Å²) >= 11 is 6.54. The number of piperazine rings is 1. The van der Waals surface area contributed by atoms with Crippen LogP contribution >= 0.6 is 11.6 Å². The number of ether oxygens (including phenoxy) is 2. The van der Waals surface area contributed by atoms with Crippen molar-refractivity contribution in [3.8, 4) is 17.3 Å². The van der Waals surface area contributed by atoms with Crippen molar-refractivity contribution in [1.29, 1.82) is 0 Å². The van der Waals surface area contributed by atoms with Crippen LogP contribution in [0.15, 0.2) is 24.3 Å². The summed E-state index contributed by atoms with van der Waals surface area (Å²) in [5, 5.41) is 3.82. The molecule has 9 nitrogen and oxygen atoms in total. The molecule has 0 aliphatic carbocycles. The maximum absolute atomic E-state index is 13.8. The molecule has 0 amide bonds. The molecule has 0 spiro atoms. The minimum Gasteiger partial charge on any atom is -0.462 e. The summed E-state index contributed by atoms with van der Waals surface area (Å²) in [6, 6.07) is 4.66. The summed E-state index contributed by atoms with van der Waals surface area (Å²) in [7, 11) is 1.78. The van der Waals surface area contributed by atoms with Crippen molar-refractivity contribution in [1.82, 2.24) is 25.2 Å². The van der Waals surface area contributed by atoms with Gasteiger partial charge in [0.25, 0.3) is 0 Å². The van der Waals surface area contributed by atoms with E-state index in [1.807, 2.05) is 9.80 Å². The van der Waals surface area contributed by atoms with Crippen LogP contribution in [0.4, 0.5) is 33.6 Å². The highest BCUT2D eigenvalue weighted by atomic mass is 35.5. The first-order chi connectivity index (χ1) is 19.0. The molecule has 0 bridgehead atoms. The zero-order valence-electron chi connectivity index (χ0n) is 21.4. The van der Waals surface area contributed by atoms with Gasteiger partial charge in [0, 0.05) is 49.7 Å². The van der Waals surface area contributed by atoms with Crippen LogP contribution in [0.2, 0.25) is 5.02 Å². The molecule has 15 heteroatoms. The molecule has 1 aromatic carbocycles. The lowest BCUT2D eigenvalue weighted by atomic mass is 10.0. The van der Waals surface area contributed by atoms with Gasteiger partial charge in [-0.05, 0) is 37.7 Å². The van der Waals surface area contributed by atoms with Gasteiger partial charge in [0.1, 0.15) is 18.2 Å². The average Bonchev–Trinajstić information content (AvgIpc) is 3.24. The fourth-order valence-corrected chi connectivity index (χ4v) is 5.28. The van der Waals surface area contributed by atoms with Crippen molar-refractivity contribution < 1.29 is 31.4 Å². The molecule has 2 fully saturated rings. The number of aromatic nitrogens is 3.